The van der Waals surface area contributed by atoms with Gasteiger partial charge in [-0.25, -0.2) is 0 Å². The van der Waals surface area contributed by atoms with Gasteiger partial charge in [0.15, 0.2) is 0 Å². The van der Waals surface area contributed by atoms with E-state index in [0.29, 0.717) is 6.04 Å². The minimum absolute atomic E-state index is 0.317. The van der Waals surface area contributed by atoms with Crippen LogP contribution in [0.4, 0.5) is 0 Å². The standard InChI is InChI=1S/C9H13NO2/c1-11-10-8-3-2-4-9-7(8)5-6-12-9/h5-6,8,10H,2-4H2,1H3. The van der Waals surface area contributed by atoms with Crippen LogP contribution in [0, 0.1) is 0 Å². The molecule has 1 unspecified atom stereocenters. The van der Waals surface area contributed by atoms with Crippen LogP contribution in [0.5, 0.6) is 0 Å². The van der Waals surface area contributed by atoms with E-state index in [-0.39, 0.29) is 0 Å². The normalized spacial score (nSPS) is 22.2. The van der Waals surface area contributed by atoms with Crippen LogP contribution in [-0.2, 0) is 11.3 Å². The topological polar surface area (TPSA) is 34.4 Å². The third kappa shape index (κ3) is 1.26. The second-order valence-electron chi connectivity index (χ2n) is 3.07. The first-order chi connectivity index (χ1) is 5.92. The Labute approximate surface area is 71.7 Å². The van der Waals surface area contributed by atoms with E-state index < -0.39 is 0 Å². The first-order valence-electron chi connectivity index (χ1n) is 4.26. The fourth-order valence-electron chi connectivity index (χ4n) is 1.75. The van der Waals surface area contributed by atoms with Crippen LogP contribution in [0.2, 0.25) is 0 Å². The van der Waals surface area contributed by atoms with Crippen molar-refractivity contribution >= 4 is 0 Å². The van der Waals surface area contributed by atoms with Crippen LogP contribution < -0.4 is 5.48 Å². The molecule has 66 valence electrons. The number of aryl methyl sites for hydroxylation is 1. The van der Waals surface area contributed by atoms with E-state index in [4.69, 9.17) is 9.25 Å². The van der Waals surface area contributed by atoms with E-state index >= 15 is 0 Å². The quantitative estimate of drug-likeness (QED) is 0.682. The van der Waals surface area contributed by atoms with Gasteiger partial charge >= 0.3 is 0 Å². The maximum atomic E-state index is 5.34. The van der Waals surface area contributed by atoms with Crippen molar-refractivity contribution in [2.45, 2.75) is 25.3 Å². The molecular formula is C9H13NO2. The molecule has 0 saturated carbocycles. The third-order valence-corrected chi connectivity index (χ3v) is 2.31. The Morgan fingerprint density at radius 1 is 1.67 bits per heavy atom. The Hall–Kier alpha value is -0.800. The van der Waals surface area contributed by atoms with Crippen molar-refractivity contribution in [1.82, 2.24) is 5.48 Å². The van der Waals surface area contributed by atoms with Gasteiger partial charge < -0.3 is 9.25 Å². The summed E-state index contributed by atoms with van der Waals surface area (Å²) in [5.41, 5.74) is 4.22. The molecule has 1 aliphatic rings. The molecule has 0 aromatic carbocycles. The molecular weight excluding hydrogens is 154 g/mol. The molecule has 1 N–H and O–H groups in total. The predicted octanol–water partition coefficient (Wildman–Crippen LogP) is 1.81. The fourth-order valence-corrected chi connectivity index (χ4v) is 1.75. The molecule has 3 nitrogen and oxygen atoms in total. The van der Waals surface area contributed by atoms with Crippen LogP contribution in [-0.4, -0.2) is 7.11 Å². The average molecular weight is 167 g/mol. The Morgan fingerprint density at radius 3 is 3.42 bits per heavy atom. The molecule has 3 heteroatoms. The van der Waals surface area contributed by atoms with Crippen molar-refractivity contribution in [3.8, 4) is 0 Å². The highest BCUT2D eigenvalue weighted by atomic mass is 16.6. The smallest absolute Gasteiger partial charge is 0.108 e. The highest BCUT2D eigenvalue weighted by molar-refractivity contribution is 5.23. The van der Waals surface area contributed by atoms with Gasteiger partial charge in [0.05, 0.1) is 19.4 Å². The molecule has 0 fully saturated rings. The van der Waals surface area contributed by atoms with Gasteiger partial charge in [0.2, 0.25) is 0 Å². The van der Waals surface area contributed by atoms with Gasteiger partial charge in [-0.2, -0.15) is 5.48 Å². The van der Waals surface area contributed by atoms with Gasteiger partial charge in [-0.05, 0) is 18.9 Å². The monoisotopic (exact) mass is 167 g/mol. The van der Waals surface area contributed by atoms with Crippen LogP contribution >= 0.6 is 0 Å². The number of furan rings is 1. The lowest BCUT2D eigenvalue weighted by atomic mass is 9.94. The zero-order valence-electron chi connectivity index (χ0n) is 7.17. The lowest BCUT2D eigenvalue weighted by Crippen LogP contribution is -2.23. The van der Waals surface area contributed by atoms with Crippen LogP contribution in [0.25, 0.3) is 0 Å². The van der Waals surface area contributed by atoms with E-state index in [1.807, 2.05) is 6.07 Å². The van der Waals surface area contributed by atoms with Crippen molar-refractivity contribution in [2.75, 3.05) is 7.11 Å². The van der Waals surface area contributed by atoms with E-state index in [1.54, 1.807) is 13.4 Å². The van der Waals surface area contributed by atoms with Gasteiger partial charge in [-0.15, -0.1) is 0 Å². The summed E-state index contributed by atoms with van der Waals surface area (Å²) in [7, 11) is 1.65. The first kappa shape index (κ1) is 7.83. The van der Waals surface area contributed by atoms with Gasteiger partial charge in [-0.3, -0.25) is 0 Å². The summed E-state index contributed by atoms with van der Waals surface area (Å²) in [6.07, 6.45) is 5.10. The third-order valence-electron chi connectivity index (χ3n) is 2.31. The zero-order chi connectivity index (χ0) is 8.39. The van der Waals surface area contributed by atoms with Gasteiger partial charge in [0.25, 0.3) is 0 Å². The molecule has 0 amide bonds. The largest absolute Gasteiger partial charge is 0.469 e. The number of hydrogen-bond donors (Lipinski definition) is 1. The summed E-state index contributed by atoms with van der Waals surface area (Å²) in [6, 6.07) is 2.34. The number of rotatable bonds is 2. The average Bonchev–Trinajstić information content (AvgIpc) is 2.53. The lowest BCUT2D eigenvalue weighted by Gasteiger charge is -2.21. The molecule has 0 saturated heterocycles. The minimum Gasteiger partial charge on any atom is -0.469 e. The van der Waals surface area contributed by atoms with E-state index in [2.05, 4.69) is 5.48 Å². The number of hydrogen-bond acceptors (Lipinski definition) is 3. The maximum Gasteiger partial charge on any atom is 0.108 e. The lowest BCUT2D eigenvalue weighted by molar-refractivity contribution is 0.0543. The number of nitrogens with one attached hydrogen (secondary N) is 1. The van der Waals surface area contributed by atoms with E-state index in [0.717, 1.165) is 18.6 Å². The molecule has 0 bridgehead atoms. The molecule has 0 aliphatic heterocycles. The highest BCUT2D eigenvalue weighted by Crippen LogP contribution is 2.29. The SMILES string of the molecule is CONC1CCCc2occc21. The molecule has 0 spiro atoms. The van der Waals surface area contributed by atoms with Gasteiger partial charge in [0, 0.05) is 12.0 Å². The first-order valence-corrected chi connectivity index (χ1v) is 4.26. The summed E-state index contributed by atoms with van der Waals surface area (Å²) in [4.78, 5) is 4.92. The van der Waals surface area contributed by atoms with Crippen LogP contribution in [0.3, 0.4) is 0 Å². The van der Waals surface area contributed by atoms with Crippen molar-refractivity contribution in [3.63, 3.8) is 0 Å². The van der Waals surface area contributed by atoms with E-state index in [1.165, 1.54) is 12.0 Å². The summed E-state index contributed by atoms with van der Waals surface area (Å²) < 4.78 is 5.34. The highest BCUT2D eigenvalue weighted by Gasteiger charge is 2.21. The second kappa shape index (κ2) is 3.29. The Morgan fingerprint density at radius 2 is 2.58 bits per heavy atom. The summed E-state index contributed by atoms with van der Waals surface area (Å²) in [5.74, 6) is 1.11. The van der Waals surface area contributed by atoms with Gasteiger partial charge in [0.1, 0.15) is 5.76 Å². The molecule has 1 aliphatic carbocycles. The van der Waals surface area contributed by atoms with Crippen molar-refractivity contribution in [1.29, 1.82) is 0 Å². The summed E-state index contributed by atoms with van der Waals surface area (Å²) >= 11 is 0. The zero-order valence-corrected chi connectivity index (χ0v) is 7.17. The Balaban J connectivity index is 2.19. The molecule has 2 rings (SSSR count). The Bertz CT molecular complexity index is 257. The predicted molar refractivity (Wildman–Crippen MR) is 44.5 cm³/mol. The van der Waals surface area contributed by atoms with Crippen molar-refractivity contribution < 1.29 is 9.25 Å². The molecule has 1 atom stereocenters. The second-order valence-corrected chi connectivity index (χ2v) is 3.07. The molecule has 1 aromatic rings. The molecule has 12 heavy (non-hydrogen) atoms. The minimum atomic E-state index is 0.317. The van der Waals surface area contributed by atoms with Crippen LogP contribution in [0.1, 0.15) is 30.2 Å². The fraction of sp³-hybridized carbons (Fsp3) is 0.556. The van der Waals surface area contributed by atoms with Gasteiger partial charge in [-0.1, -0.05) is 0 Å². The summed E-state index contributed by atoms with van der Waals surface area (Å²) in [5, 5.41) is 0. The van der Waals surface area contributed by atoms with E-state index in [9.17, 15) is 0 Å². The Kier molecular flexibility index (Phi) is 2.15. The number of fused-ring (bicyclic) bond motifs is 1. The van der Waals surface area contributed by atoms with Crippen LogP contribution in [0.15, 0.2) is 16.7 Å². The molecule has 1 heterocycles. The van der Waals surface area contributed by atoms with Crippen molar-refractivity contribution in [3.05, 3.63) is 23.7 Å². The maximum absolute atomic E-state index is 5.34. The summed E-state index contributed by atoms with van der Waals surface area (Å²) in [6.45, 7) is 0. The number of hydroxylamine groups is 1. The molecule has 1 aromatic heterocycles. The molecule has 0 radical (unpaired) electrons. The van der Waals surface area contributed by atoms with Crippen molar-refractivity contribution in [2.24, 2.45) is 0 Å².